The molecule has 5 rings (SSSR count). The van der Waals surface area contributed by atoms with Crippen molar-refractivity contribution in [2.75, 3.05) is 0 Å². The van der Waals surface area contributed by atoms with Crippen LogP contribution in [0.2, 0.25) is 0 Å². The molecule has 3 aromatic rings. The fraction of sp³-hybridized carbons (Fsp3) is 0.250. The molecule has 7 nitrogen and oxygen atoms in total. The van der Waals surface area contributed by atoms with Crippen molar-refractivity contribution >= 4 is 33.7 Å². The maximum atomic E-state index is 12.6. The number of sulfonamides is 1. The molecule has 0 amide bonds. The van der Waals surface area contributed by atoms with Crippen molar-refractivity contribution in [3.63, 3.8) is 0 Å². The molecule has 1 fully saturated rings. The summed E-state index contributed by atoms with van der Waals surface area (Å²) >= 11 is 0. The lowest BCUT2D eigenvalue weighted by Gasteiger charge is -2.39. The summed E-state index contributed by atoms with van der Waals surface area (Å²) in [6, 6.07) is 8.62. The topological polar surface area (TPSA) is 104 Å². The monoisotopic (exact) mass is 409 g/mol. The van der Waals surface area contributed by atoms with E-state index in [0.29, 0.717) is 18.6 Å². The number of fused-ring (bicyclic) bond motifs is 3. The van der Waals surface area contributed by atoms with Gasteiger partial charge in [0.15, 0.2) is 0 Å². The molecule has 2 aliphatic rings. The fourth-order valence-electron chi connectivity index (χ4n) is 4.09. The Morgan fingerprint density at radius 1 is 1.24 bits per heavy atom. The first-order valence-electron chi connectivity index (χ1n) is 9.52. The van der Waals surface area contributed by atoms with Gasteiger partial charge >= 0.3 is 7.12 Å². The lowest BCUT2D eigenvalue weighted by Crippen LogP contribution is -2.45. The van der Waals surface area contributed by atoms with Crippen molar-refractivity contribution in [1.82, 2.24) is 14.7 Å². The molecule has 29 heavy (non-hydrogen) atoms. The van der Waals surface area contributed by atoms with Crippen LogP contribution in [-0.4, -0.2) is 36.6 Å². The van der Waals surface area contributed by atoms with E-state index < -0.39 is 17.1 Å². The molecule has 3 N–H and O–H groups in total. The molecule has 1 aliphatic heterocycles. The molecule has 9 heteroatoms. The van der Waals surface area contributed by atoms with Crippen LogP contribution in [0.4, 0.5) is 0 Å². The Hall–Kier alpha value is -2.62. The fourth-order valence-corrected chi connectivity index (χ4v) is 5.35. The Labute approximate surface area is 169 Å². The van der Waals surface area contributed by atoms with E-state index in [2.05, 4.69) is 14.7 Å². The zero-order valence-corrected chi connectivity index (χ0v) is 16.6. The Morgan fingerprint density at radius 3 is 2.76 bits per heavy atom. The number of allylic oxidation sites excluding steroid dienone is 1. The molecular weight excluding hydrogens is 389 g/mol. The lowest BCUT2D eigenvalue weighted by atomic mass is 9.68. The molecule has 0 atom stereocenters. The smallest absolute Gasteiger partial charge is 0.531 e. The molecule has 2 aromatic heterocycles. The van der Waals surface area contributed by atoms with Gasteiger partial charge in [-0.25, -0.2) is 18.1 Å². The molecular formula is C20H20BN3O4S. The standard InChI is InChI=1S/C20H20BN3O4S/c1-12-2-4-15(5-3-12)29(26,27)24-14-8-13(9-14)17-10-21(25)28-18-11-23-20-16(19(17)18)6-7-22-20/h2-7,10-11,13-14,24-25H,8-9H2,1H3,(H,22,23). The molecule has 1 aromatic carbocycles. The van der Waals surface area contributed by atoms with Crippen LogP contribution in [0, 0.1) is 12.8 Å². The van der Waals surface area contributed by atoms with Gasteiger partial charge in [0.2, 0.25) is 10.0 Å². The quantitative estimate of drug-likeness (QED) is 0.575. The van der Waals surface area contributed by atoms with Crippen molar-refractivity contribution < 1.29 is 18.1 Å². The first-order chi connectivity index (χ1) is 13.9. The number of nitrogens with zero attached hydrogens (tertiary/aromatic N) is 1. The Kier molecular flexibility index (Phi) is 4.27. The predicted octanol–water partition coefficient (Wildman–Crippen LogP) is 2.42. The molecule has 0 saturated heterocycles. The highest BCUT2D eigenvalue weighted by Gasteiger charge is 2.39. The average Bonchev–Trinajstić information content (AvgIpc) is 3.12. The van der Waals surface area contributed by atoms with Crippen LogP contribution < -0.4 is 9.38 Å². The third-order valence-corrected chi connectivity index (χ3v) is 7.18. The number of H-pyrrole nitrogens is 1. The molecule has 0 radical (unpaired) electrons. The van der Waals surface area contributed by atoms with Crippen molar-refractivity contribution in [3.05, 3.63) is 59.8 Å². The molecule has 148 valence electrons. The van der Waals surface area contributed by atoms with Crippen molar-refractivity contribution in [2.24, 2.45) is 5.92 Å². The van der Waals surface area contributed by atoms with Gasteiger partial charge in [0.25, 0.3) is 0 Å². The summed E-state index contributed by atoms with van der Waals surface area (Å²) < 4.78 is 33.6. The van der Waals surface area contributed by atoms with Crippen molar-refractivity contribution in [3.8, 4) is 5.75 Å². The van der Waals surface area contributed by atoms with Gasteiger partial charge < -0.3 is 14.7 Å². The third kappa shape index (κ3) is 3.25. The number of hydrogen-bond acceptors (Lipinski definition) is 5. The van der Waals surface area contributed by atoms with E-state index in [1.54, 1.807) is 36.4 Å². The minimum absolute atomic E-state index is 0.138. The average molecular weight is 409 g/mol. The number of hydrogen-bond donors (Lipinski definition) is 3. The number of aryl methyl sites for hydroxylation is 1. The Balaban J connectivity index is 1.36. The SMILES string of the molecule is Cc1ccc(S(=O)(=O)NC2CC(C3=CB(O)Oc4cnc5[nH]ccc5c43)C2)cc1. The van der Waals surface area contributed by atoms with Gasteiger partial charge in [-0.15, -0.1) is 0 Å². The van der Waals surface area contributed by atoms with E-state index >= 15 is 0 Å². The molecule has 0 unspecified atom stereocenters. The van der Waals surface area contributed by atoms with Crippen molar-refractivity contribution in [2.45, 2.75) is 30.7 Å². The minimum Gasteiger partial charge on any atom is -0.531 e. The third-order valence-electron chi connectivity index (χ3n) is 5.64. The number of pyridine rings is 1. The van der Waals surface area contributed by atoms with Gasteiger partial charge in [-0.3, -0.25) is 0 Å². The predicted molar refractivity (Wildman–Crippen MR) is 111 cm³/mol. The van der Waals surface area contributed by atoms with E-state index in [9.17, 15) is 13.4 Å². The molecule has 0 bridgehead atoms. The molecule has 1 aliphatic carbocycles. The van der Waals surface area contributed by atoms with Crippen LogP contribution in [0.5, 0.6) is 5.75 Å². The second-order valence-corrected chi connectivity index (χ2v) is 9.38. The summed E-state index contributed by atoms with van der Waals surface area (Å²) in [7, 11) is -4.58. The maximum Gasteiger partial charge on any atom is 0.552 e. The number of aromatic amines is 1. The zero-order chi connectivity index (χ0) is 20.2. The first-order valence-corrected chi connectivity index (χ1v) is 11.0. The summed E-state index contributed by atoms with van der Waals surface area (Å²) in [4.78, 5) is 7.69. The maximum absolute atomic E-state index is 12.6. The molecule has 1 saturated carbocycles. The van der Waals surface area contributed by atoms with Gasteiger partial charge in [0.05, 0.1) is 11.1 Å². The van der Waals surface area contributed by atoms with Crippen LogP contribution >= 0.6 is 0 Å². The van der Waals surface area contributed by atoms with E-state index in [0.717, 1.165) is 27.7 Å². The van der Waals surface area contributed by atoms with E-state index in [1.165, 1.54) is 0 Å². The van der Waals surface area contributed by atoms with Crippen LogP contribution in [0.15, 0.2) is 53.6 Å². The van der Waals surface area contributed by atoms with Gasteiger partial charge in [-0.1, -0.05) is 17.7 Å². The van der Waals surface area contributed by atoms with Crippen LogP contribution in [-0.2, 0) is 10.0 Å². The first kappa shape index (κ1) is 18.4. The number of aromatic nitrogens is 2. The Bertz CT molecular complexity index is 1210. The summed E-state index contributed by atoms with van der Waals surface area (Å²) in [5.74, 6) is 2.40. The van der Waals surface area contributed by atoms with E-state index in [1.807, 2.05) is 19.2 Å². The Morgan fingerprint density at radius 2 is 2.00 bits per heavy atom. The van der Waals surface area contributed by atoms with Gasteiger partial charge in [-0.2, -0.15) is 0 Å². The van der Waals surface area contributed by atoms with Crippen LogP contribution in [0.1, 0.15) is 24.0 Å². The second-order valence-electron chi connectivity index (χ2n) is 7.67. The van der Waals surface area contributed by atoms with Gasteiger partial charge in [0.1, 0.15) is 11.4 Å². The zero-order valence-electron chi connectivity index (χ0n) is 15.8. The number of benzene rings is 1. The number of rotatable bonds is 4. The van der Waals surface area contributed by atoms with Crippen molar-refractivity contribution in [1.29, 1.82) is 0 Å². The van der Waals surface area contributed by atoms with Gasteiger partial charge in [-0.05, 0) is 55.4 Å². The highest BCUT2D eigenvalue weighted by atomic mass is 32.2. The lowest BCUT2D eigenvalue weighted by molar-refractivity contribution is 0.308. The summed E-state index contributed by atoms with van der Waals surface area (Å²) in [5.41, 5.74) is 3.68. The van der Waals surface area contributed by atoms with Gasteiger partial charge in [0, 0.05) is 23.2 Å². The largest absolute Gasteiger partial charge is 0.552 e. The number of nitrogens with one attached hydrogen (secondary N) is 2. The summed E-state index contributed by atoms with van der Waals surface area (Å²) in [5, 5.41) is 11.0. The molecule has 0 spiro atoms. The van der Waals surface area contributed by atoms with Crippen LogP contribution in [0.3, 0.4) is 0 Å². The van der Waals surface area contributed by atoms with Crippen LogP contribution in [0.25, 0.3) is 16.6 Å². The van der Waals surface area contributed by atoms with E-state index in [4.69, 9.17) is 4.65 Å². The highest BCUT2D eigenvalue weighted by Crippen LogP contribution is 2.46. The highest BCUT2D eigenvalue weighted by molar-refractivity contribution is 7.89. The summed E-state index contributed by atoms with van der Waals surface area (Å²) in [6.45, 7) is 1.92. The molecule has 3 heterocycles. The van der Waals surface area contributed by atoms with E-state index in [-0.39, 0.29) is 16.9 Å². The summed E-state index contributed by atoms with van der Waals surface area (Å²) in [6.07, 6.45) is 4.76. The minimum atomic E-state index is -3.55. The second kappa shape index (κ2) is 6.72. The normalized spacial score (nSPS) is 21.3.